The van der Waals surface area contributed by atoms with Gasteiger partial charge in [-0.05, 0) is 43.5 Å². The molecule has 1 aliphatic heterocycles. The number of nitrogens with one attached hydrogen (secondary N) is 2. The zero-order chi connectivity index (χ0) is 24.0. The maximum atomic E-state index is 13.3. The van der Waals surface area contributed by atoms with Crippen LogP contribution in [0.3, 0.4) is 0 Å². The van der Waals surface area contributed by atoms with E-state index in [0.717, 1.165) is 17.5 Å². The van der Waals surface area contributed by atoms with Gasteiger partial charge >= 0.3 is 6.09 Å². The van der Waals surface area contributed by atoms with E-state index in [-0.39, 0.29) is 31.0 Å². The summed E-state index contributed by atoms with van der Waals surface area (Å²) in [5.74, 6) is -0.578. The van der Waals surface area contributed by atoms with Crippen LogP contribution in [-0.4, -0.2) is 48.6 Å². The molecule has 8 nitrogen and oxygen atoms in total. The van der Waals surface area contributed by atoms with Gasteiger partial charge in [0.05, 0.1) is 6.54 Å². The molecule has 0 radical (unpaired) electrons. The Morgan fingerprint density at radius 2 is 1.91 bits per heavy atom. The number of aryl methyl sites for hydroxylation is 1. The van der Waals surface area contributed by atoms with Crippen LogP contribution in [0.25, 0.3) is 0 Å². The largest absolute Gasteiger partial charge is 0.438 e. The van der Waals surface area contributed by atoms with Crippen LogP contribution in [0.5, 0.6) is 0 Å². The van der Waals surface area contributed by atoms with Crippen molar-refractivity contribution in [2.24, 2.45) is 0 Å². The number of anilines is 1. The molecule has 0 aliphatic carbocycles. The van der Waals surface area contributed by atoms with Crippen molar-refractivity contribution >= 4 is 23.6 Å². The van der Waals surface area contributed by atoms with E-state index in [1.54, 1.807) is 24.3 Å². The van der Waals surface area contributed by atoms with Crippen LogP contribution in [0.1, 0.15) is 43.1 Å². The number of ether oxygens (including phenoxy) is 2. The Kier molecular flexibility index (Phi) is 8.06. The summed E-state index contributed by atoms with van der Waals surface area (Å²) in [7, 11) is 1.44. The zero-order valence-corrected chi connectivity index (χ0v) is 19.5. The van der Waals surface area contributed by atoms with Crippen LogP contribution < -0.4 is 10.6 Å². The lowest BCUT2D eigenvalue weighted by Gasteiger charge is -2.26. The Hall–Kier alpha value is -3.39. The van der Waals surface area contributed by atoms with Gasteiger partial charge in [0.15, 0.2) is 12.1 Å². The molecule has 3 rings (SSSR count). The molecule has 33 heavy (non-hydrogen) atoms. The van der Waals surface area contributed by atoms with E-state index >= 15 is 0 Å². The first-order valence-electron chi connectivity index (χ1n) is 11.0. The second kappa shape index (κ2) is 11.0. The number of hydrogen-bond acceptors (Lipinski definition) is 5. The molecule has 2 aromatic carbocycles. The second-order valence-corrected chi connectivity index (χ2v) is 8.29. The molecule has 8 heteroatoms. The average molecular weight is 454 g/mol. The minimum Gasteiger partial charge on any atom is -0.438 e. The third kappa shape index (κ3) is 6.10. The number of carbonyl (C=O) groups excluding carboxylic acids is 3. The number of cyclic esters (lactones) is 1. The molecule has 3 amide bonds. The van der Waals surface area contributed by atoms with E-state index in [9.17, 15) is 14.4 Å². The summed E-state index contributed by atoms with van der Waals surface area (Å²) in [5.41, 5.74) is 3.16. The Morgan fingerprint density at radius 3 is 2.58 bits per heavy atom. The van der Waals surface area contributed by atoms with Gasteiger partial charge in [0.2, 0.25) is 11.8 Å². The van der Waals surface area contributed by atoms with Gasteiger partial charge in [-0.15, -0.1) is 0 Å². The second-order valence-electron chi connectivity index (χ2n) is 8.29. The van der Waals surface area contributed by atoms with Crippen molar-refractivity contribution in [1.29, 1.82) is 0 Å². The summed E-state index contributed by atoms with van der Waals surface area (Å²) < 4.78 is 10.6. The molecule has 1 aliphatic rings. The van der Waals surface area contributed by atoms with Gasteiger partial charge in [0.1, 0.15) is 6.61 Å². The van der Waals surface area contributed by atoms with Gasteiger partial charge < -0.3 is 20.1 Å². The highest BCUT2D eigenvalue weighted by atomic mass is 16.6. The molecular formula is C25H31N3O5. The maximum Gasteiger partial charge on any atom is 0.411 e. The molecule has 0 spiro atoms. The minimum absolute atomic E-state index is 0.0465. The maximum absolute atomic E-state index is 13.3. The van der Waals surface area contributed by atoms with Gasteiger partial charge in [0.25, 0.3) is 0 Å². The monoisotopic (exact) mass is 453 g/mol. The fourth-order valence-corrected chi connectivity index (χ4v) is 3.65. The van der Waals surface area contributed by atoms with Crippen LogP contribution in [0, 0.1) is 6.92 Å². The molecule has 1 heterocycles. The number of carbonyl (C=O) groups is 3. The summed E-state index contributed by atoms with van der Waals surface area (Å²) in [5, 5.41) is 5.72. The molecule has 1 saturated heterocycles. The standard InChI is InChI=1S/C25H31N3O5/c1-5-17(3)26-24(30)22-23(19-7-6-8-20(13-19)27-21(29)15-32-4)33-25(31)28(22)14-18-11-9-16(2)10-12-18/h6-13,17,22-23H,5,14-15H2,1-4H3,(H,26,30)(H,27,29)/t17-,22-,23+/m0/s1. The summed E-state index contributed by atoms with van der Waals surface area (Å²) in [6.07, 6.45) is -0.610. The fraction of sp³-hybridized carbons (Fsp3) is 0.400. The Morgan fingerprint density at radius 1 is 1.18 bits per heavy atom. The van der Waals surface area contributed by atoms with Gasteiger partial charge in [-0.2, -0.15) is 0 Å². The van der Waals surface area contributed by atoms with E-state index in [0.29, 0.717) is 11.3 Å². The number of hydrogen-bond donors (Lipinski definition) is 2. The van der Waals surface area contributed by atoms with Crippen molar-refractivity contribution < 1.29 is 23.9 Å². The lowest BCUT2D eigenvalue weighted by Crippen LogP contribution is -2.48. The Balaban J connectivity index is 1.90. The minimum atomic E-state index is -0.849. The highest BCUT2D eigenvalue weighted by Gasteiger charge is 2.47. The Labute approximate surface area is 194 Å². The number of nitrogens with zero attached hydrogens (tertiary/aromatic N) is 1. The molecule has 3 atom stereocenters. The molecule has 0 aromatic heterocycles. The molecule has 2 N–H and O–H groups in total. The number of rotatable bonds is 9. The summed E-state index contributed by atoms with van der Waals surface area (Å²) in [4.78, 5) is 39.5. The highest BCUT2D eigenvalue weighted by Crippen LogP contribution is 2.35. The molecule has 2 aromatic rings. The van der Waals surface area contributed by atoms with Gasteiger partial charge in [-0.1, -0.05) is 48.9 Å². The van der Waals surface area contributed by atoms with E-state index < -0.39 is 18.2 Å². The number of amides is 3. The summed E-state index contributed by atoms with van der Waals surface area (Å²) in [6, 6.07) is 13.9. The van der Waals surface area contributed by atoms with E-state index in [2.05, 4.69) is 10.6 Å². The quantitative estimate of drug-likeness (QED) is 0.605. The van der Waals surface area contributed by atoms with Crippen LogP contribution in [-0.2, 0) is 25.6 Å². The molecular weight excluding hydrogens is 422 g/mol. The van der Waals surface area contributed by atoms with Crippen molar-refractivity contribution in [2.45, 2.75) is 51.9 Å². The Bertz CT molecular complexity index is 992. The van der Waals surface area contributed by atoms with Crippen molar-refractivity contribution in [3.8, 4) is 0 Å². The van der Waals surface area contributed by atoms with Gasteiger partial charge in [0, 0.05) is 18.8 Å². The van der Waals surface area contributed by atoms with Gasteiger partial charge in [-0.3, -0.25) is 14.5 Å². The van der Waals surface area contributed by atoms with Crippen molar-refractivity contribution in [2.75, 3.05) is 19.0 Å². The van der Waals surface area contributed by atoms with Crippen LogP contribution in [0.4, 0.5) is 10.5 Å². The fourth-order valence-electron chi connectivity index (χ4n) is 3.65. The topological polar surface area (TPSA) is 97.0 Å². The molecule has 0 bridgehead atoms. The third-order valence-electron chi connectivity index (χ3n) is 5.60. The van der Waals surface area contributed by atoms with E-state index in [1.807, 2.05) is 45.0 Å². The van der Waals surface area contributed by atoms with Crippen LogP contribution in [0.15, 0.2) is 48.5 Å². The highest BCUT2D eigenvalue weighted by molar-refractivity contribution is 5.92. The summed E-state index contributed by atoms with van der Waals surface area (Å²) in [6.45, 7) is 6.06. The molecule has 1 fully saturated rings. The first-order chi connectivity index (χ1) is 15.8. The lowest BCUT2D eigenvalue weighted by atomic mass is 9.99. The zero-order valence-electron chi connectivity index (χ0n) is 19.5. The first-order valence-corrected chi connectivity index (χ1v) is 11.0. The van der Waals surface area contributed by atoms with Crippen molar-refractivity contribution in [1.82, 2.24) is 10.2 Å². The predicted octanol–water partition coefficient (Wildman–Crippen LogP) is 3.56. The van der Waals surface area contributed by atoms with Crippen molar-refractivity contribution in [3.63, 3.8) is 0 Å². The molecule has 0 saturated carbocycles. The number of methoxy groups -OCH3 is 1. The third-order valence-corrected chi connectivity index (χ3v) is 5.60. The lowest BCUT2D eigenvalue weighted by molar-refractivity contribution is -0.127. The normalized spacial score (nSPS) is 18.5. The summed E-state index contributed by atoms with van der Waals surface area (Å²) >= 11 is 0. The van der Waals surface area contributed by atoms with Crippen LogP contribution >= 0.6 is 0 Å². The average Bonchev–Trinajstić information content (AvgIpc) is 3.11. The smallest absolute Gasteiger partial charge is 0.411 e. The molecule has 176 valence electrons. The van der Waals surface area contributed by atoms with Crippen LogP contribution in [0.2, 0.25) is 0 Å². The van der Waals surface area contributed by atoms with Gasteiger partial charge in [-0.25, -0.2) is 4.79 Å². The predicted molar refractivity (Wildman–Crippen MR) is 125 cm³/mol. The van der Waals surface area contributed by atoms with E-state index in [4.69, 9.17) is 9.47 Å². The van der Waals surface area contributed by atoms with Crippen molar-refractivity contribution in [3.05, 3.63) is 65.2 Å². The molecule has 0 unspecified atom stereocenters. The SMILES string of the molecule is CC[C@H](C)NC(=O)[C@@H]1[C@@H](c2cccc(NC(=O)COC)c2)OC(=O)N1Cc1ccc(C)cc1. The van der Waals surface area contributed by atoms with E-state index in [1.165, 1.54) is 12.0 Å². The number of benzene rings is 2. The first kappa shape index (κ1) is 24.3.